The molecule has 0 rings (SSSR count). The van der Waals surface area contributed by atoms with Gasteiger partial charge in [-0.05, 0) is 0 Å². The molecule has 0 N–H and O–H groups in total. The highest BCUT2D eigenvalue weighted by atomic mass is 12.7. The van der Waals surface area contributed by atoms with Crippen molar-refractivity contribution >= 4 is 0 Å². The molecule has 0 atom stereocenters. The average molecular weight is 140 g/mol. The van der Waals surface area contributed by atoms with Crippen LogP contribution in [0.25, 0.3) is 0 Å². The van der Waals surface area contributed by atoms with Crippen molar-refractivity contribution in [2.45, 2.75) is 0 Å². The van der Waals surface area contributed by atoms with E-state index < -0.39 is 0 Å². The van der Waals surface area contributed by atoms with Gasteiger partial charge in [0.25, 0.3) is 0 Å². The van der Waals surface area contributed by atoms with Crippen molar-refractivity contribution in [3.63, 3.8) is 0 Å². The summed E-state index contributed by atoms with van der Waals surface area (Å²) in [4.78, 5) is 0. The molecule has 0 saturated heterocycles. The second kappa shape index (κ2) is 205. The summed E-state index contributed by atoms with van der Waals surface area (Å²) in [7, 11) is 0. The molecule has 60 valence electrons. The topological polar surface area (TPSA) is 0 Å². The third-order valence-corrected chi connectivity index (χ3v) is 0. The Bertz CT molecular complexity index is 11.6. The first-order valence-corrected chi connectivity index (χ1v) is 2.50. The molecule has 0 spiro atoms. The SMILES string of the molecule is C=C.C=C.C=C.C=C.C=C. The van der Waals surface area contributed by atoms with Crippen LogP contribution in [-0.4, -0.2) is 0 Å². The van der Waals surface area contributed by atoms with Crippen molar-refractivity contribution < 1.29 is 0 Å². The molecule has 0 unspecified atom stereocenters. The van der Waals surface area contributed by atoms with Gasteiger partial charge in [-0.1, -0.05) is 0 Å². The van der Waals surface area contributed by atoms with E-state index in [2.05, 4.69) is 65.8 Å². The van der Waals surface area contributed by atoms with Crippen LogP contribution >= 0.6 is 0 Å². The highest BCUT2D eigenvalue weighted by molar-refractivity contribution is 4.23. The maximum atomic E-state index is 3.00. The van der Waals surface area contributed by atoms with Gasteiger partial charge in [0.2, 0.25) is 0 Å². The summed E-state index contributed by atoms with van der Waals surface area (Å²) in [5.41, 5.74) is 0. The lowest BCUT2D eigenvalue weighted by Crippen LogP contribution is -0.552. The first-order chi connectivity index (χ1) is 5.00. The third kappa shape index (κ3) is 129. The molecule has 0 aromatic rings. The van der Waals surface area contributed by atoms with Gasteiger partial charge in [0.05, 0.1) is 0 Å². The maximum absolute atomic E-state index is 3.00. The van der Waals surface area contributed by atoms with Gasteiger partial charge in [0.1, 0.15) is 0 Å². The van der Waals surface area contributed by atoms with Crippen LogP contribution in [0.4, 0.5) is 0 Å². The fourth-order valence-electron chi connectivity index (χ4n) is 0. The summed E-state index contributed by atoms with van der Waals surface area (Å²) < 4.78 is 0. The molecule has 0 nitrogen and oxygen atoms in total. The zero-order valence-electron chi connectivity index (χ0n) is 7.07. The standard InChI is InChI=1S/5C2H4/c5*1-2/h5*1-2H2. The minimum Gasteiger partial charge on any atom is -0.106 e. The van der Waals surface area contributed by atoms with E-state index in [9.17, 15) is 0 Å². The first-order valence-electron chi connectivity index (χ1n) is 2.50. The van der Waals surface area contributed by atoms with Gasteiger partial charge in [-0.3, -0.25) is 0 Å². The molecule has 0 fully saturated rings. The lowest BCUT2D eigenvalue weighted by molar-refractivity contribution is 2.81. The molecular weight excluding hydrogens is 120 g/mol. The Balaban J connectivity index is -0.0000000104. The van der Waals surface area contributed by atoms with Gasteiger partial charge in [-0.2, -0.15) is 0 Å². The van der Waals surface area contributed by atoms with Crippen LogP contribution in [-0.2, 0) is 0 Å². The molecule has 0 aliphatic carbocycles. The summed E-state index contributed by atoms with van der Waals surface area (Å²) in [6.07, 6.45) is 0. The zero-order chi connectivity index (χ0) is 10.0. The molecule has 0 aliphatic heterocycles. The van der Waals surface area contributed by atoms with E-state index in [0.717, 1.165) is 0 Å². The van der Waals surface area contributed by atoms with Crippen molar-refractivity contribution in [3.05, 3.63) is 65.8 Å². The van der Waals surface area contributed by atoms with E-state index >= 15 is 0 Å². The fourth-order valence-corrected chi connectivity index (χ4v) is 0. The highest BCUT2D eigenvalue weighted by Gasteiger charge is 0.609. The number of hydrogen-bond donors (Lipinski definition) is 0. The molecule has 0 amide bonds. The number of rotatable bonds is 0. The van der Waals surface area contributed by atoms with Gasteiger partial charge in [0.15, 0.2) is 0 Å². The summed E-state index contributed by atoms with van der Waals surface area (Å²) >= 11 is 0. The Hall–Kier alpha value is -1.30. The predicted molar refractivity (Wildman–Crippen MR) is 56.3 cm³/mol. The van der Waals surface area contributed by atoms with E-state index in [1.165, 1.54) is 0 Å². The highest BCUT2D eigenvalue weighted by Crippen LogP contribution is 0.870. The van der Waals surface area contributed by atoms with E-state index in [4.69, 9.17) is 0 Å². The van der Waals surface area contributed by atoms with Crippen LogP contribution in [0.15, 0.2) is 65.8 Å². The normalized spacial score (nSPS) is 2.00. The summed E-state index contributed by atoms with van der Waals surface area (Å²) in [6.45, 7) is 30.0. The van der Waals surface area contributed by atoms with Crippen molar-refractivity contribution in [3.8, 4) is 0 Å². The van der Waals surface area contributed by atoms with Crippen molar-refractivity contribution in [1.82, 2.24) is 0 Å². The Morgan fingerprint density at radius 3 is 0.200 bits per heavy atom. The molecule has 0 bridgehead atoms. The third-order valence-electron chi connectivity index (χ3n) is 0. The molecule has 0 aromatic carbocycles. The Morgan fingerprint density at radius 1 is 0.200 bits per heavy atom. The lowest BCUT2D eigenvalue weighted by Gasteiger charge is -0.813. The van der Waals surface area contributed by atoms with Gasteiger partial charge in [0, 0.05) is 0 Å². The Morgan fingerprint density at radius 2 is 0.200 bits per heavy atom. The van der Waals surface area contributed by atoms with Crippen LogP contribution in [0.5, 0.6) is 0 Å². The van der Waals surface area contributed by atoms with E-state index in [0.29, 0.717) is 0 Å². The van der Waals surface area contributed by atoms with Crippen molar-refractivity contribution in [1.29, 1.82) is 0 Å². The largest absolute Gasteiger partial charge is 0.106 e. The molecule has 0 saturated carbocycles. The minimum absolute atomic E-state index is 3.00. The predicted octanol–water partition coefficient (Wildman–Crippen LogP) is 4.01. The first kappa shape index (κ1) is 37.7. The molecule has 0 aromatic heterocycles. The smallest absolute Gasteiger partial charge is 0.106 e. The maximum Gasteiger partial charge on any atom is -0.106 e. The second-order valence-corrected chi connectivity index (χ2v) is 0. The summed E-state index contributed by atoms with van der Waals surface area (Å²) in [5.74, 6) is 0. The van der Waals surface area contributed by atoms with Gasteiger partial charge in [-0.15, -0.1) is 65.8 Å². The van der Waals surface area contributed by atoms with E-state index in [1.807, 2.05) is 0 Å². The molecule has 10 heavy (non-hydrogen) atoms. The van der Waals surface area contributed by atoms with Crippen LogP contribution in [0.2, 0.25) is 0 Å². The van der Waals surface area contributed by atoms with Gasteiger partial charge in [-0.25, -0.2) is 0 Å². The van der Waals surface area contributed by atoms with E-state index in [1.54, 1.807) is 0 Å². The minimum atomic E-state index is 3.00. The van der Waals surface area contributed by atoms with Crippen LogP contribution in [0, 0.1) is 0 Å². The number of hydrogen-bond acceptors (Lipinski definition) is 0. The van der Waals surface area contributed by atoms with Gasteiger partial charge < -0.3 is 0 Å². The Labute approximate surface area is 66.6 Å². The van der Waals surface area contributed by atoms with Crippen LogP contribution < -0.4 is 0 Å². The van der Waals surface area contributed by atoms with Crippen molar-refractivity contribution in [2.24, 2.45) is 0 Å². The lowest BCUT2D eigenvalue weighted by atomic mass is 11.3. The van der Waals surface area contributed by atoms with Crippen LogP contribution in [0.1, 0.15) is 0 Å². The van der Waals surface area contributed by atoms with Crippen molar-refractivity contribution in [2.75, 3.05) is 0 Å². The van der Waals surface area contributed by atoms with Gasteiger partial charge >= 0.3 is 0 Å². The Kier molecular flexibility index (Phi) is 771. The summed E-state index contributed by atoms with van der Waals surface area (Å²) in [6, 6.07) is 0. The monoisotopic (exact) mass is 140 g/mol. The molecule has 0 heterocycles. The summed E-state index contributed by atoms with van der Waals surface area (Å²) in [5, 5.41) is 0. The molecular formula is C10H20. The second-order valence-electron chi connectivity index (χ2n) is 0. The van der Waals surface area contributed by atoms with Crippen LogP contribution in [0.3, 0.4) is 0 Å². The quantitative estimate of drug-likeness (QED) is 0.446. The fraction of sp³-hybridized carbons (Fsp3) is 0. The van der Waals surface area contributed by atoms with E-state index in [-0.39, 0.29) is 0 Å². The molecule has 0 heteroatoms. The molecule has 0 radical (unpaired) electrons. The molecule has 0 aliphatic rings. The zero-order valence-corrected chi connectivity index (χ0v) is 7.07. The average Bonchev–Trinajstić information content (AvgIpc) is 2.20.